The van der Waals surface area contributed by atoms with Crippen LogP contribution in [0.2, 0.25) is 0 Å². The van der Waals surface area contributed by atoms with Gasteiger partial charge in [-0.15, -0.1) is 0 Å². The highest BCUT2D eigenvalue weighted by Crippen LogP contribution is 2.33. The minimum atomic E-state index is -0.450. The number of nitrogens with one attached hydrogen (secondary N) is 1. The molecule has 1 N–H and O–H groups in total. The van der Waals surface area contributed by atoms with E-state index in [1.807, 2.05) is 43.0 Å². The summed E-state index contributed by atoms with van der Waals surface area (Å²) in [5.74, 6) is 0.502. The SMILES string of the molecule is CCN(CC)c1ncnc(Nc2cccc(Br)c2)c1[N+](=O)[O-]. The fourth-order valence-corrected chi connectivity index (χ4v) is 2.49. The van der Waals surface area contributed by atoms with Gasteiger partial charge in [-0.3, -0.25) is 10.1 Å². The van der Waals surface area contributed by atoms with Crippen molar-refractivity contribution < 1.29 is 4.92 Å². The zero-order chi connectivity index (χ0) is 16.1. The van der Waals surface area contributed by atoms with Gasteiger partial charge in [0.15, 0.2) is 0 Å². The van der Waals surface area contributed by atoms with Gasteiger partial charge in [0.05, 0.1) is 4.92 Å². The first-order chi connectivity index (χ1) is 10.6. The monoisotopic (exact) mass is 365 g/mol. The van der Waals surface area contributed by atoms with E-state index in [1.54, 1.807) is 0 Å². The van der Waals surface area contributed by atoms with Crippen molar-refractivity contribution in [2.24, 2.45) is 0 Å². The molecular formula is C14H16BrN5O2. The van der Waals surface area contributed by atoms with Gasteiger partial charge in [0.2, 0.25) is 11.6 Å². The Balaban J connectivity index is 2.47. The summed E-state index contributed by atoms with van der Waals surface area (Å²) < 4.78 is 0.873. The van der Waals surface area contributed by atoms with Crippen molar-refractivity contribution in [1.82, 2.24) is 9.97 Å². The highest BCUT2D eigenvalue weighted by molar-refractivity contribution is 9.10. The van der Waals surface area contributed by atoms with Crippen LogP contribution in [0.4, 0.5) is 23.0 Å². The van der Waals surface area contributed by atoms with E-state index < -0.39 is 4.92 Å². The van der Waals surface area contributed by atoms with Crippen molar-refractivity contribution in [1.29, 1.82) is 0 Å². The highest BCUT2D eigenvalue weighted by atomic mass is 79.9. The van der Waals surface area contributed by atoms with Crippen molar-refractivity contribution in [3.05, 3.63) is 45.2 Å². The molecule has 7 nitrogen and oxygen atoms in total. The summed E-state index contributed by atoms with van der Waals surface area (Å²) in [6, 6.07) is 7.35. The summed E-state index contributed by atoms with van der Waals surface area (Å²) in [6.07, 6.45) is 1.33. The van der Waals surface area contributed by atoms with Gasteiger partial charge in [-0.05, 0) is 32.0 Å². The topological polar surface area (TPSA) is 84.2 Å². The van der Waals surface area contributed by atoms with E-state index in [0.717, 1.165) is 4.47 Å². The van der Waals surface area contributed by atoms with Gasteiger partial charge in [-0.25, -0.2) is 9.97 Å². The van der Waals surface area contributed by atoms with E-state index in [2.05, 4.69) is 31.2 Å². The zero-order valence-corrected chi connectivity index (χ0v) is 13.9. The predicted molar refractivity (Wildman–Crippen MR) is 89.7 cm³/mol. The van der Waals surface area contributed by atoms with E-state index in [1.165, 1.54) is 6.33 Å². The molecule has 0 saturated heterocycles. The Morgan fingerprint density at radius 1 is 1.32 bits per heavy atom. The number of hydrogen-bond donors (Lipinski definition) is 1. The van der Waals surface area contributed by atoms with Gasteiger partial charge in [0.25, 0.3) is 0 Å². The Morgan fingerprint density at radius 3 is 2.64 bits per heavy atom. The van der Waals surface area contributed by atoms with Crippen LogP contribution in [0.3, 0.4) is 0 Å². The van der Waals surface area contributed by atoms with Crippen LogP contribution < -0.4 is 10.2 Å². The number of nitrogens with zero attached hydrogens (tertiary/aromatic N) is 4. The summed E-state index contributed by atoms with van der Waals surface area (Å²) in [4.78, 5) is 21.0. The third-order valence-corrected chi connectivity index (χ3v) is 3.63. The smallest absolute Gasteiger partial charge is 0.351 e. The molecule has 0 spiro atoms. The minimum Gasteiger partial charge on any atom is -0.351 e. The lowest BCUT2D eigenvalue weighted by Gasteiger charge is -2.20. The Kier molecular flexibility index (Phi) is 5.26. The number of aromatic nitrogens is 2. The standard InChI is InChI=1S/C14H16BrN5O2/c1-3-19(4-2)14-12(20(21)22)13(16-9-17-14)18-11-7-5-6-10(15)8-11/h5-9H,3-4H2,1-2H3,(H,16,17,18). The second-order valence-corrected chi connectivity index (χ2v) is 5.37. The summed E-state index contributed by atoms with van der Waals surface area (Å²) in [7, 11) is 0. The van der Waals surface area contributed by atoms with Crippen LogP contribution >= 0.6 is 15.9 Å². The van der Waals surface area contributed by atoms with Gasteiger partial charge < -0.3 is 10.2 Å². The van der Waals surface area contributed by atoms with Crippen LogP contribution in [-0.4, -0.2) is 28.0 Å². The van der Waals surface area contributed by atoms with Crippen LogP contribution in [0.25, 0.3) is 0 Å². The van der Waals surface area contributed by atoms with Crippen LogP contribution in [0.15, 0.2) is 35.1 Å². The first-order valence-corrected chi connectivity index (χ1v) is 7.63. The maximum atomic E-state index is 11.5. The second kappa shape index (κ2) is 7.17. The average Bonchev–Trinajstić information content (AvgIpc) is 2.48. The number of rotatable bonds is 6. The Morgan fingerprint density at radius 2 is 2.05 bits per heavy atom. The van der Waals surface area contributed by atoms with Crippen molar-refractivity contribution in [3.63, 3.8) is 0 Å². The maximum absolute atomic E-state index is 11.5. The van der Waals surface area contributed by atoms with Gasteiger partial charge in [0, 0.05) is 23.2 Å². The largest absolute Gasteiger partial charge is 0.353 e. The molecule has 2 aromatic rings. The molecule has 0 amide bonds. The van der Waals surface area contributed by atoms with E-state index in [-0.39, 0.29) is 11.5 Å². The van der Waals surface area contributed by atoms with Crippen molar-refractivity contribution in [2.45, 2.75) is 13.8 Å². The average molecular weight is 366 g/mol. The summed E-state index contributed by atoms with van der Waals surface area (Å²) in [6.45, 7) is 5.11. The molecule has 8 heteroatoms. The van der Waals surface area contributed by atoms with Gasteiger partial charge >= 0.3 is 5.69 Å². The van der Waals surface area contributed by atoms with Crippen molar-refractivity contribution in [3.8, 4) is 0 Å². The normalized spacial score (nSPS) is 10.3. The van der Waals surface area contributed by atoms with Crippen LogP contribution in [-0.2, 0) is 0 Å². The van der Waals surface area contributed by atoms with Crippen LogP contribution in [0, 0.1) is 10.1 Å². The first kappa shape index (κ1) is 16.2. The highest BCUT2D eigenvalue weighted by Gasteiger charge is 2.26. The first-order valence-electron chi connectivity index (χ1n) is 6.83. The van der Waals surface area contributed by atoms with Crippen LogP contribution in [0.1, 0.15) is 13.8 Å². The second-order valence-electron chi connectivity index (χ2n) is 4.46. The molecule has 22 heavy (non-hydrogen) atoms. The van der Waals surface area contributed by atoms with Gasteiger partial charge in [-0.2, -0.15) is 0 Å². The molecule has 2 rings (SSSR count). The third kappa shape index (κ3) is 3.51. The zero-order valence-electron chi connectivity index (χ0n) is 12.3. The lowest BCUT2D eigenvalue weighted by Crippen LogP contribution is -2.24. The molecule has 116 valence electrons. The summed E-state index contributed by atoms with van der Waals surface area (Å²) >= 11 is 3.37. The minimum absolute atomic E-state index is 0.119. The summed E-state index contributed by atoms with van der Waals surface area (Å²) in [5, 5.41) is 14.5. The molecule has 1 aromatic heterocycles. The maximum Gasteiger partial charge on any atom is 0.353 e. The number of nitro groups is 1. The molecule has 0 aliphatic rings. The number of anilines is 3. The fraction of sp³-hybridized carbons (Fsp3) is 0.286. The number of halogens is 1. The quantitative estimate of drug-likeness (QED) is 0.619. The molecule has 0 radical (unpaired) electrons. The molecule has 1 aromatic carbocycles. The van der Waals surface area contributed by atoms with E-state index in [4.69, 9.17) is 0 Å². The fourth-order valence-electron chi connectivity index (χ4n) is 2.09. The molecule has 0 atom stereocenters. The van der Waals surface area contributed by atoms with Gasteiger partial charge in [0.1, 0.15) is 6.33 Å². The molecule has 0 fully saturated rings. The van der Waals surface area contributed by atoms with Gasteiger partial charge in [-0.1, -0.05) is 22.0 Å². The molecule has 0 aliphatic carbocycles. The molecule has 0 unspecified atom stereocenters. The molecule has 0 saturated carbocycles. The lowest BCUT2D eigenvalue weighted by molar-refractivity contribution is -0.383. The number of hydrogen-bond acceptors (Lipinski definition) is 6. The molecule has 0 bridgehead atoms. The van der Waals surface area contributed by atoms with Crippen molar-refractivity contribution in [2.75, 3.05) is 23.3 Å². The Hall–Kier alpha value is -2.22. The molecule has 1 heterocycles. The van der Waals surface area contributed by atoms with E-state index in [9.17, 15) is 10.1 Å². The predicted octanol–water partition coefficient (Wildman–Crippen LogP) is 3.74. The Bertz CT molecular complexity index is 676. The molecule has 0 aliphatic heterocycles. The Labute approximate surface area is 136 Å². The van der Waals surface area contributed by atoms with E-state index in [0.29, 0.717) is 24.6 Å². The molecular weight excluding hydrogens is 350 g/mol. The van der Waals surface area contributed by atoms with E-state index >= 15 is 0 Å². The third-order valence-electron chi connectivity index (χ3n) is 3.14. The van der Waals surface area contributed by atoms with Crippen LogP contribution in [0.5, 0.6) is 0 Å². The number of benzene rings is 1. The summed E-state index contributed by atoms with van der Waals surface area (Å²) in [5.41, 5.74) is 0.591. The lowest BCUT2D eigenvalue weighted by atomic mass is 10.3. The van der Waals surface area contributed by atoms with Crippen molar-refractivity contribution >= 4 is 38.9 Å².